The van der Waals surface area contributed by atoms with Gasteiger partial charge in [0, 0.05) is 34.3 Å². The molecule has 150 valence electrons. The van der Waals surface area contributed by atoms with Gasteiger partial charge in [-0.15, -0.1) is 0 Å². The first-order valence-electron chi connectivity index (χ1n) is 10.1. The lowest BCUT2D eigenvalue weighted by Gasteiger charge is -2.26. The molecule has 3 aromatic rings. The van der Waals surface area contributed by atoms with Crippen LogP contribution in [0.15, 0.2) is 47.6 Å². The molecule has 0 unspecified atom stereocenters. The summed E-state index contributed by atoms with van der Waals surface area (Å²) in [6.07, 6.45) is 6.31. The molecule has 0 atom stereocenters. The second-order valence-corrected chi connectivity index (χ2v) is 7.66. The van der Waals surface area contributed by atoms with Crippen LogP contribution < -0.4 is 0 Å². The number of hydrogen-bond donors (Lipinski definition) is 2. The highest BCUT2D eigenvalue weighted by Gasteiger charge is 2.12. The van der Waals surface area contributed by atoms with E-state index in [1.807, 2.05) is 6.07 Å². The number of piperidine rings is 1. The van der Waals surface area contributed by atoms with Gasteiger partial charge in [-0.2, -0.15) is 10.4 Å². The van der Waals surface area contributed by atoms with Crippen molar-refractivity contribution in [2.45, 2.75) is 25.8 Å². The summed E-state index contributed by atoms with van der Waals surface area (Å²) >= 11 is 0. The predicted molar refractivity (Wildman–Crippen MR) is 117 cm³/mol. The molecule has 1 aliphatic rings. The first-order valence-corrected chi connectivity index (χ1v) is 10.1. The standard InChI is InChI=1S/C24H23N5O/c25-14-17-4-7-23(28-26)19(10-17)12-21(16-30)24-13-20-11-18(5-6-22(20)27-24)15-29-8-2-1-3-9-29/h4-7,10-13,16,26-27H,1-3,8-9,15H2/b21-12+,28-26?. The monoisotopic (exact) mass is 397 g/mol. The number of nitrogens with zero attached hydrogens (tertiary/aromatic N) is 3. The van der Waals surface area contributed by atoms with Gasteiger partial charge < -0.3 is 4.98 Å². The highest BCUT2D eigenvalue weighted by Crippen LogP contribution is 2.27. The number of carbonyl (C=O) groups is 1. The molecular weight excluding hydrogens is 374 g/mol. The van der Waals surface area contributed by atoms with Crippen LogP contribution in [0.1, 0.15) is 41.6 Å². The van der Waals surface area contributed by atoms with Crippen molar-refractivity contribution in [3.05, 3.63) is 64.8 Å². The number of allylic oxidation sites excluding steroid dienone is 1. The lowest BCUT2D eigenvalue weighted by molar-refractivity contribution is -0.103. The SMILES string of the molecule is N#Cc1ccc(N=N)c(/C=C(\C=O)c2cc3cc(CN4CCCCC4)ccc3[nH]2)c1. The number of nitrogens with one attached hydrogen (secondary N) is 2. The van der Waals surface area contributed by atoms with Gasteiger partial charge >= 0.3 is 0 Å². The number of hydrogen-bond acceptors (Lipinski definition) is 5. The average Bonchev–Trinajstić information content (AvgIpc) is 3.21. The van der Waals surface area contributed by atoms with Gasteiger partial charge in [-0.05, 0) is 74.0 Å². The van der Waals surface area contributed by atoms with Gasteiger partial charge in [0.1, 0.15) is 0 Å². The maximum Gasteiger partial charge on any atom is 0.152 e. The Labute approximate surface area is 175 Å². The Morgan fingerprint density at radius 3 is 2.73 bits per heavy atom. The fourth-order valence-electron chi connectivity index (χ4n) is 4.00. The van der Waals surface area contributed by atoms with Crippen molar-refractivity contribution in [1.82, 2.24) is 9.88 Å². The maximum absolute atomic E-state index is 11.8. The van der Waals surface area contributed by atoms with E-state index in [0.29, 0.717) is 28.1 Å². The molecule has 1 aliphatic heterocycles. The summed E-state index contributed by atoms with van der Waals surface area (Å²) in [7, 11) is 0. The van der Waals surface area contributed by atoms with E-state index in [-0.39, 0.29) is 0 Å². The Morgan fingerprint density at radius 1 is 1.17 bits per heavy atom. The van der Waals surface area contributed by atoms with Crippen molar-refractivity contribution >= 4 is 34.5 Å². The first kappa shape index (κ1) is 19.7. The Hall–Kier alpha value is -3.56. The third-order valence-corrected chi connectivity index (χ3v) is 5.57. The minimum Gasteiger partial charge on any atom is -0.354 e. The zero-order valence-electron chi connectivity index (χ0n) is 16.7. The van der Waals surface area contributed by atoms with Gasteiger partial charge in [0.25, 0.3) is 0 Å². The van der Waals surface area contributed by atoms with Crippen LogP contribution in [0.2, 0.25) is 0 Å². The zero-order valence-corrected chi connectivity index (χ0v) is 16.7. The minimum absolute atomic E-state index is 0.410. The topological polar surface area (TPSA) is 96.1 Å². The number of rotatable bonds is 6. The molecule has 1 saturated heterocycles. The highest BCUT2D eigenvalue weighted by atomic mass is 16.1. The van der Waals surface area contributed by atoms with E-state index in [1.54, 1.807) is 24.3 Å². The van der Waals surface area contributed by atoms with Crippen molar-refractivity contribution in [3.8, 4) is 6.07 Å². The maximum atomic E-state index is 11.8. The average molecular weight is 397 g/mol. The molecule has 0 radical (unpaired) electrons. The summed E-state index contributed by atoms with van der Waals surface area (Å²) in [5.41, 5.74) is 12.2. The van der Waals surface area contributed by atoms with E-state index in [9.17, 15) is 4.79 Å². The Bertz CT molecular complexity index is 1160. The van der Waals surface area contributed by atoms with Crippen LogP contribution in [0.25, 0.3) is 22.6 Å². The van der Waals surface area contributed by atoms with E-state index in [2.05, 4.69) is 39.3 Å². The van der Waals surface area contributed by atoms with Crippen molar-refractivity contribution in [3.63, 3.8) is 0 Å². The van der Waals surface area contributed by atoms with Crippen LogP contribution in [0, 0.1) is 16.9 Å². The van der Waals surface area contributed by atoms with Crippen LogP contribution in [0.4, 0.5) is 5.69 Å². The fraction of sp³-hybridized carbons (Fsp3) is 0.250. The molecule has 30 heavy (non-hydrogen) atoms. The van der Waals surface area contributed by atoms with Crippen LogP contribution in [-0.2, 0) is 11.3 Å². The van der Waals surface area contributed by atoms with E-state index in [4.69, 9.17) is 10.8 Å². The molecule has 0 amide bonds. The Kier molecular flexibility index (Phi) is 5.82. The van der Waals surface area contributed by atoms with Crippen LogP contribution in [0.5, 0.6) is 0 Å². The second kappa shape index (κ2) is 8.85. The highest BCUT2D eigenvalue weighted by molar-refractivity contribution is 6.14. The number of aldehydes is 1. The summed E-state index contributed by atoms with van der Waals surface area (Å²) in [6, 6.07) is 15.3. The fourth-order valence-corrected chi connectivity index (χ4v) is 4.00. The van der Waals surface area contributed by atoms with Crippen LogP contribution in [0.3, 0.4) is 0 Å². The van der Waals surface area contributed by atoms with Gasteiger partial charge in [-0.1, -0.05) is 12.5 Å². The molecule has 2 heterocycles. The largest absolute Gasteiger partial charge is 0.354 e. The molecule has 0 aliphatic carbocycles. The third kappa shape index (κ3) is 4.22. The quantitative estimate of drug-likeness (QED) is 0.330. The predicted octanol–water partition coefficient (Wildman–Crippen LogP) is 5.43. The molecular formula is C24H23N5O. The molecule has 6 nitrogen and oxygen atoms in total. The molecule has 4 rings (SSSR count). The number of fused-ring (bicyclic) bond motifs is 1. The normalized spacial score (nSPS) is 15.1. The Balaban J connectivity index is 1.66. The molecule has 1 aromatic heterocycles. The molecule has 2 aromatic carbocycles. The van der Waals surface area contributed by atoms with Crippen molar-refractivity contribution in [1.29, 1.82) is 10.8 Å². The van der Waals surface area contributed by atoms with Crippen molar-refractivity contribution in [2.75, 3.05) is 13.1 Å². The van der Waals surface area contributed by atoms with E-state index in [0.717, 1.165) is 36.8 Å². The number of aromatic nitrogens is 1. The van der Waals surface area contributed by atoms with Gasteiger partial charge in [-0.25, -0.2) is 5.53 Å². The van der Waals surface area contributed by atoms with E-state index in [1.165, 1.54) is 24.8 Å². The number of benzene rings is 2. The molecule has 0 saturated carbocycles. The van der Waals surface area contributed by atoms with Gasteiger partial charge in [0.2, 0.25) is 0 Å². The minimum atomic E-state index is 0.410. The van der Waals surface area contributed by atoms with Gasteiger partial charge in [-0.3, -0.25) is 9.69 Å². The van der Waals surface area contributed by atoms with Crippen molar-refractivity contribution in [2.24, 2.45) is 5.11 Å². The zero-order chi connectivity index (χ0) is 20.9. The summed E-state index contributed by atoms with van der Waals surface area (Å²) in [4.78, 5) is 17.6. The number of likely N-dealkylation sites (tertiary alicyclic amines) is 1. The summed E-state index contributed by atoms with van der Waals surface area (Å²) in [6.45, 7) is 3.25. The third-order valence-electron chi connectivity index (χ3n) is 5.57. The number of aromatic amines is 1. The molecule has 0 bridgehead atoms. The lowest BCUT2D eigenvalue weighted by atomic mass is 10.0. The summed E-state index contributed by atoms with van der Waals surface area (Å²) in [5.74, 6) is 0. The van der Waals surface area contributed by atoms with Crippen LogP contribution >= 0.6 is 0 Å². The second-order valence-electron chi connectivity index (χ2n) is 7.66. The summed E-state index contributed by atoms with van der Waals surface area (Å²) < 4.78 is 0. The van der Waals surface area contributed by atoms with E-state index >= 15 is 0 Å². The molecule has 1 fully saturated rings. The lowest BCUT2D eigenvalue weighted by Crippen LogP contribution is -2.28. The first-order chi connectivity index (χ1) is 14.7. The molecule has 0 spiro atoms. The Morgan fingerprint density at radius 2 is 2.00 bits per heavy atom. The smallest absolute Gasteiger partial charge is 0.152 e. The number of nitriles is 1. The molecule has 6 heteroatoms. The van der Waals surface area contributed by atoms with Crippen LogP contribution in [-0.4, -0.2) is 29.3 Å². The van der Waals surface area contributed by atoms with E-state index < -0.39 is 0 Å². The summed E-state index contributed by atoms with van der Waals surface area (Å²) in [5, 5.41) is 13.7. The van der Waals surface area contributed by atoms with Gasteiger partial charge in [0.05, 0.1) is 17.3 Å². The van der Waals surface area contributed by atoms with Crippen molar-refractivity contribution < 1.29 is 4.79 Å². The molecule has 2 N–H and O–H groups in total. The number of carbonyl (C=O) groups excluding carboxylic acids is 1. The van der Waals surface area contributed by atoms with Gasteiger partial charge in [0.15, 0.2) is 6.29 Å². The number of H-pyrrole nitrogens is 1.